The Hall–Kier alpha value is -2.23. The lowest BCUT2D eigenvalue weighted by molar-refractivity contribution is 0.290. The molecule has 1 aliphatic rings. The first kappa shape index (κ1) is 12.8. The van der Waals surface area contributed by atoms with E-state index in [1.54, 1.807) is 0 Å². The minimum absolute atomic E-state index is 0.537. The molecule has 2 aromatic rings. The van der Waals surface area contributed by atoms with Gasteiger partial charge in [0.25, 0.3) is 0 Å². The molecule has 0 saturated heterocycles. The Balaban J connectivity index is 1.62. The van der Waals surface area contributed by atoms with Gasteiger partial charge in [-0.05, 0) is 36.5 Å². The first-order valence-electron chi connectivity index (χ1n) is 6.98. The lowest BCUT2D eigenvalue weighted by Gasteiger charge is -2.10. The maximum absolute atomic E-state index is 5.89. The minimum atomic E-state index is 0.537. The summed E-state index contributed by atoms with van der Waals surface area (Å²) in [7, 11) is 0. The lowest BCUT2D eigenvalue weighted by Crippen LogP contribution is -2.06. The van der Waals surface area contributed by atoms with Gasteiger partial charge in [0.2, 0.25) is 5.88 Å². The summed E-state index contributed by atoms with van der Waals surface area (Å²) < 4.78 is 5.68. The normalized spacial score (nSPS) is 14.0. The van der Waals surface area contributed by atoms with Gasteiger partial charge < -0.3 is 15.8 Å². The van der Waals surface area contributed by atoms with Gasteiger partial charge in [0.1, 0.15) is 5.82 Å². The van der Waals surface area contributed by atoms with Gasteiger partial charge in [0, 0.05) is 6.54 Å². The summed E-state index contributed by atoms with van der Waals surface area (Å²) in [4.78, 5) is 4.43. The van der Waals surface area contributed by atoms with E-state index < -0.39 is 0 Å². The second kappa shape index (κ2) is 5.82. The number of nitrogens with one attached hydrogen (secondary N) is 1. The molecule has 0 radical (unpaired) electrons. The van der Waals surface area contributed by atoms with E-state index in [1.807, 2.05) is 30.3 Å². The fourth-order valence-corrected chi connectivity index (χ4v) is 1.94. The van der Waals surface area contributed by atoms with Crippen LogP contribution in [0.25, 0.3) is 0 Å². The zero-order valence-electron chi connectivity index (χ0n) is 11.4. The maximum Gasteiger partial charge on any atom is 0.239 e. The highest BCUT2D eigenvalue weighted by molar-refractivity contribution is 5.53. The van der Waals surface area contributed by atoms with Crippen LogP contribution >= 0.6 is 0 Å². The van der Waals surface area contributed by atoms with Crippen LogP contribution in [0.15, 0.2) is 42.5 Å². The molecule has 1 aliphatic carbocycles. The van der Waals surface area contributed by atoms with E-state index in [0.29, 0.717) is 17.5 Å². The number of rotatable bonds is 6. The second-order valence-electron chi connectivity index (χ2n) is 5.18. The van der Waals surface area contributed by atoms with Gasteiger partial charge in [-0.25, -0.2) is 0 Å². The monoisotopic (exact) mass is 269 g/mol. The number of nitrogens with zero attached hydrogens (tertiary/aromatic N) is 1. The number of hydrogen-bond acceptors (Lipinski definition) is 4. The zero-order valence-corrected chi connectivity index (χ0v) is 11.4. The number of anilines is 2. The summed E-state index contributed by atoms with van der Waals surface area (Å²) in [5.74, 6) is 2.01. The molecule has 0 unspecified atom stereocenters. The van der Waals surface area contributed by atoms with Crippen LogP contribution in [0.2, 0.25) is 0 Å². The van der Waals surface area contributed by atoms with Crippen LogP contribution in [0, 0.1) is 5.92 Å². The van der Waals surface area contributed by atoms with Gasteiger partial charge in [-0.15, -0.1) is 0 Å². The number of nitrogen functional groups attached to an aromatic ring is 1. The highest BCUT2D eigenvalue weighted by atomic mass is 16.5. The van der Waals surface area contributed by atoms with Gasteiger partial charge in [0.05, 0.1) is 12.3 Å². The average Bonchev–Trinajstić information content (AvgIpc) is 3.30. The van der Waals surface area contributed by atoms with Gasteiger partial charge in [-0.1, -0.05) is 30.3 Å². The predicted molar refractivity (Wildman–Crippen MR) is 80.6 cm³/mol. The van der Waals surface area contributed by atoms with Gasteiger partial charge in [-0.2, -0.15) is 4.98 Å². The van der Waals surface area contributed by atoms with E-state index in [2.05, 4.69) is 22.4 Å². The summed E-state index contributed by atoms with van der Waals surface area (Å²) in [5.41, 5.74) is 7.70. The van der Waals surface area contributed by atoms with E-state index in [1.165, 1.54) is 18.4 Å². The molecular formula is C16H19N3O. The largest absolute Gasteiger partial charge is 0.476 e. The predicted octanol–water partition coefficient (Wildman–Crippen LogP) is 3.06. The van der Waals surface area contributed by atoms with Crippen molar-refractivity contribution < 1.29 is 4.74 Å². The van der Waals surface area contributed by atoms with Crippen molar-refractivity contribution in [3.63, 3.8) is 0 Å². The Morgan fingerprint density at radius 3 is 2.70 bits per heavy atom. The summed E-state index contributed by atoms with van der Waals surface area (Å²) >= 11 is 0. The molecule has 20 heavy (non-hydrogen) atoms. The molecule has 1 aromatic carbocycles. The molecule has 3 rings (SSSR count). The molecule has 0 aliphatic heterocycles. The number of hydrogen-bond donors (Lipinski definition) is 2. The molecule has 0 bridgehead atoms. The average molecular weight is 269 g/mol. The van der Waals surface area contributed by atoms with Crippen LogP contribution in [-0.4, -0.2) is 11.6 Å². The highest BCUT2D eigenvalue weighted by Crippen LogP contribution is 2.30. The third-order valence-corrected chi connectivity index (χ3v) is 3.36. The molecule has 1 heterocycles. The zero-order chi connectivity index (χ0) is 13.8. The van der Waals surface area contributed by atoms with Crippen LogP contribution in [0.4, 0.5) is 11.5 Å². The molecular weight excluding hydrogens is 250 g/mol. The number of nitrogens with two attached hydrogens (primary N) is 1. The summed E-state index contributed by atoms with van der Waals surface area (Å²) in [6, 6.07) is 13.9. The summed E-state index contributed by atoms with van der Waals surface area (Å²) in [6.45, 7) is 1.46. The molecule has 0 atom stereocenters. The lowest BCUT2D eigenvalue weighted by atomic mass is 10.2. The van der Waals surface area contributed by atoms with Gasteiger partial charge in [-0.3, -0.25) is 0 Å². The standard InChI is InChI=1S/C16H19N3O/c17-14-8-9-15(18-10-12-4-2-1-3-5-12)19-16(14)20-11-13-6-7-13/h1-5,8-9,13H,6-7,10-11,17H2,(H,18,19). The molecule has 1 saturated carbocycles. The quantitative estimate of drug-likeness (QED) is 0.846. The molecule has 4 heteroatoms. The Morgan fingerprint density at radius 1 is 1.15 bits per heavy atom. The molecule has 1 fully saturated rings. The molecule has 0 spiro atoms. The summed E-state index contributed by atoms with van der Waals surface area (Å²) in [6.07, 6.45) is 2.51. The van der Waals surface area contributed by atoms with Crippen molar-refractivity contribution in [1.29, 1.82) is 0 Å². The van der Waals surface area contributed by atoms with Crippen molar-refractivity contribution in [2.24, 2.45) is 5.92 Å². The number of benzene rings is 1. The first-order chi connectivity index (χ1) is 9.81. The smallest absolute Gasteiger partial charge is 0.239 e. The number of aromatic nitrogens is 1. The van der Waals surface area contributed by atoms with Crippen molar-refractivity contribution in [3.8, 4) is 5.88 Å². The van der Waals surface area contributed by atoms with Gasteiger partial charge in [0.15, 0.2) is 0 Å². The van der Waals surface area contributed by atoms with Crippen LogP contribution < -0.4 is 15.8 Å². The minimum Gasteiger partial charge on any atom is -0.476 e. The Kier molecular flexibility index (Phi) is 3.72. The van der Waals surface area contributed by atoms with Crippen molar-refractivity contribution in [3.05, 3.63) is 48.0 Å². The highest BCUT2D eigenvalue weighted by Gasteiger charge is 2.22. The van der Waals surface area contributed by atoms with E-state index in [9.17, 15) is 0 Å². The Bertz CT molecular complexity index is 567. The topological polar surface area (TPSA) is 60.2 Å². The third-order valence-electron chi connectivity index (χ3n) is 3.36. The number of ether oxygens (including phenoxy) is 1. The molecule has 3 N–H and O–H groups in total. The van der Waals surface area contributed by atoms with Crippen molar-refractivity contribution in [2.45, 2.75) is 19.4 Å². The van der Waals surface area contributed by atoms with Crippen molar-refractivity contribution in [2.75, 3.05) is 17.7 Å². The molecule has 104 valence electrons. The maximum atomic E-state index is 5.89. The SMILES string of the molecule is Nc1ccc(NCc2ccccc2)nc1OCC1CC1. The fraction of sp³-hybridized carbons (Fsp3) is 0.312. The second-order valence-corrected chi connectivity index (χ2v) is 5.18. The van der Waals surface area contributed by atoms with Crippen LogP contribution in [0.1, 0.15) is 18.4 Å². The van der Waals surface area contributed by atoms with Crippen molar-refractivity contribution >= 4 is 11.5 Å². The Morgan fingerprint density at radius 2 is 1.95 bits per heavy atom. The summed E-state index contributed by atoms with van der Waals surface area (Å²) in [5, 5.41) is 3.29. The van der Waals surface area contributed by atoms with Crippen molar-refractivity contribution in [1.82, 2.24) is 4.98 Å². The van der Waals surface area contributed by atoms with E-state index in [4.69, 9.17) is 10.5 Å². The van der Waals surface area contributed by atoms with Gasteiger partial charge >= 0.3 is 0 Å². The Labute approximate surface area is 119 Å². The molecule has 4 nitrogen and oxygen atoms in total. The molecule has 0 amide bonds. The van der Waals surface area contributed by atoms with Crippen LogP contribution in [0.5, 0.6) is 5.88 Å². The van der Waals surface area contributed by atoms with Crippen LogP contribution in [0.3, 0.4) is 0 Å². The van der Waals surface area contributed by atoms with Crippen LogP contribution in [-0.2, 0) is 6.54 Å². The first-order valence-corrected chi connectivity index (χ1v) is 6.98. The molecule has 1 aromatic heterocycles. The van der Waals surface area contributed by atoms with E-state index >= 15 is 0 Å². The third kappa shape index (κ3) is 3.41. The van der Waals surface area contributed by atoms with E-state index in [0.717, 1.165) is 19.0 Å². The number of pyridine rings is 1. The van der Waals surface area contributed by atoms with E-state index in [-0.39, 0.29) is 0 Å². The fourth-order valence-electron chi connectivity index (χ4n) is 1.94.